The molecule has 0 aliphatic carbocycles. The van der Waals surface area contributed by atoms with Gasteiger partial charge in [-0.15, -0.1) is 0 Å². The van der Waals surface area contributed by atoms with Gasteiger partial charge in [-0.25, -0.2) is 8.42 Å². The van der Waals surface area contributed by atoms with E-state index in [0.29, 0.717) is 6.07 Å². The van der Waals surface area contributed by atoms with E-state index in [1.165, 1.54) is 0 Å². The molecule has 0 unspecified atom stereocenters. The van der Waals surface area contributed by atoms with E-state index in [2.05, 4.69) is 0 Å². The number of rotatable bonds is 2. The van der Waals surface area contributed by atoms with Gasteiger partial charge in [-0.05, 0) is 18.2 Å². The third kappa shape index (κ3) is 4.72. The zero-order chi connectivity index (χ0) is 10.9. The van der Waals surface area contributed by atoms with Gasteiger partial charge in [-0.3, -0.25) is 0 Å². The first kappa shape index (κ1) is 18.8. The van der Waals surface area contributed by atoms with Crippen molar-refractivity contribution >= 4 is 16.1 Å². The molecule has 6 nitrogen and oxygen atoms in total. The fourth-order valence-corrected chi connectivity index (χ4v) is 1.33. The molecule has 0 fully saturated rings. The Bertz CT molecular complexity index is 484. The summed E-state index contributed by atoms with van der Waals surface area (Å²) in [6.45, 7) is 0. The van der Waals surface area contributed by atoms with Gasteiger partial charge >= 0.3 is 59.1 Å². The number of carbonyl (C=O) groups excluding carboxylic acids is 1. The Morgan fingerprint density at radius 1 is 1.25 bits per heavy atom. The van der Waals surface area contributed by atoms with Gasteiger partial charge in [0.25, 0.3) is 0 Å². The quantitative estimate of drug-likeness (QED) is 0.418. The standard InChI is InChI=1S/C7H6O6S.2Na/c8-6-2-1-4(14(11,12)13)3-5(6)7(9)10;;/h1-3,8H,(H,9,10)(H,11,12,13);;/q;2*+1/p-2. The molecule has 0 aliphatic heterocycles. The normalized spacial score (nSPS) is 9.81. The fraction of sp³-hybridized carbons (Fsp3) is 0. The molecule has 1 aromatic carbocycles. The molecule has 16 heavy (non-hydrogen) atoms. The summed E-state index contributed by atoms with van der Waals surface area (Å²) in [7, 11) is -4.73. The molecule has 9 heteroatoms. The maximum absolute atomic E-state index is 10.5. The summed E-state index contributed by atoms with van der Waals surface area (Å²) in [6.07, 6.45) is 0. The zero-order valence-corrected chi connectivity index (χ0v) is 13.4. The van der Waals surface area contributed by atoms with E-state index >= 15 is 0 Å². The molecule has 0 radical (unpaired) electrons. The second-order valence-electron chi connectivity index (χ2n) is 2.42. The van der Waals surface area contributed by atoms with Crippen molar-refractivity contribution in [3.8, 4) is 5.75 Å². The molecule has 0 saturated heterocycles. The molecule has 0 amide bonds. The molecule has 1 aromatic rings. The largest absolute Gasteiger partial charge is 1.00 e. The van der Waals surface area contributed by atoms with E-state index in [-0.39, 0.29) is 59.1 Å². The second-order valence-corrected chi connectivity index (χ2v) is 3.80. The monoisotopic (exact) mass is 262 g/mol. The van der Waals surface area contributed by atoms with Crippen molar-refractivity contribution in [2.45, 2.75) is 4.90 Å². The summed E-state index contributed by atoms with van der Waals surface area (Å²) in [5.41, 5.74) is -0.734. The summed E-state index contributed by atoms with van der Waals surface area (Å²) in [6, 6.07) is 2.16. The molecule has 0 aliphatic rings. The average molecular weight is 262 g/mol. The zero-order valence-electron chi connectivity index (χ0n) is 8.63. The van der Waals surface area contributed by atoms with Crippen molar-refractivity contribution in [2.24, 2.45) is 0 Å². The predicted octanol–water partition coefficient (Wildman–Crippen LogP) is -7.33. The summed E-state index contributed by atoms with van der Waals surface area (Å²) in [5.74, 6) is -2.41. The third-order valence-electron chi connectivity index (χ3n) is 1.48. The summed E-state index contributed by atoms with van der Waals surface area (Å²) in [5, 5.41) is 19.3. The van der Waals surface area contributed by atoms with Gasteiger partial charge in [0.1, 0.15) is 15.9 Å². The maximum atomic E-state index is 10.5. The number of benzene rings is 1. The molecular formula is C7H4Na2O6S. The van der Waals surface area contributed by atoms with Crippen LogP contribution in [-0.2, 0) is 10.1 Å². The molecule has 0 spiro atoms. The summed E-state index contributed by atoms with van der Waals surface area (Å²) < 4.78 is 31.4. The predicted molar refractivity (Wildman–Crippen MR) is 40.4 cm³/mol. The number of hydrogen-bond acceptors (Lipinski definition) is 6. The summed E-state index contributed by atoms with van der Waals surface area (Å²) in [4.78, 5) is 9.61. The van der Waals surface area contributed by atoms with Crippen molar-refractivity contribution in [1.29, 1.82) is 0 Å². The molecule has 76 valence electrons. The molecule has 1 N–H and O–H groups in total. The van der Waals surface area contributed by atoms with Gasteiger partial charge in [0, 0.05) is 5.56 Å². The molecule has 0 bridgehead atoms. The Hall–Kier alpha value is 0.400. The van der Waals surface area contributed by atoms with Crippen LogP contribution in [0.25, 0.3) is 0 Å². The van der Waals surface area contributed by atoms with Gasteiger partial charge in [0.05, 0.1) is 10.9 Å². The Balaban J connectivity index is 0. The van der Waals surface area contributed by atoms with E-state index in [1.807, 2.05) is 0 Å². The van der Waals surface area contributed by atoms with Crippen molar-refractivity contribution in [3.05, 3.63) is 23.8 Å². The first-order valence-electron chi connectivity index (χ1n) is 3.32. The number of aromatic carboxylic acids is 1. The number of aromatic hydroxyl groups is 1. The van der Waals surface area contributed by atoms with Gasteiger partial charge in [0.2, 0.25) is 0 Å². The average Bonchev–Trinajstić information content (AvgIpc) is 2.02. The topological polar surface area (TPSA) is 118 Å². The Labute approximate surface area is 136 Å². The van der Waals surface area contributed by atoms with E-state index in [4.69, 9.17) is 5.11 Å². The number of carboxylic acids is 1. The van der Waals surface area contributed by atoms with Crippen molar-refractivity contribution < 1.29 is 87.1 Å². The molecule has 0 saturated carbocycles. The van der Waals surface area contributed by atoms with Crippen LogP contribution in [-0.4, -0.2) is 24.0 Å². The SMILES string of the molecule is O=C([O-])c1cc(S(=O)(=O)[O-])ccc1O.[Na+].[Na+]. The smallest absolute Gasteiger partial charge is 0.744 e. The molecule has 0 aromatic heterocycles. The van der Waals surface area contributed by atoms with Crippen LogP contribution >= 0.6 is 0 Å². The summed E-state index contributed by atoms with van der Waals surface area (Å²) >= 11 is 0. The number of carboxylic acid groups (broad SMARTS) is 1. The van der Waals surface area contributed by atoms with Crippen LogP contribution in [0.2, 0.25) is 0 Å². The van der Waals surface area contributed by atoms with Crippen molar-refractivity contribution in [3.63, 3.8) is 0 Å². The van der Waals surface area contributed by atoms with Crippen LogP contribution in [0.1, 0.15) is 10.4 Å². The second kappa shape index (κ2) is 6.97. The van der Waals surface area contributed by atoms with E-state index < -0.39 is 32.3 Å². The van der Waals surface area contributed by atoms with E-state index in [9.17, 15) is 22.9 Å². The first-order chi connectivity index (χ1) is 6.32. The molecule has 0 heterocycles. The Morgan fingerprint density at radius 2 is 1.75 bits per heavy atom. The van der Waals surface area contributed by atoms with Crippen LogP contribution in [0.4, 0.5) is 0 Å². The number of carbonyl (C=O) groups is 1. The number of phenols is 1. The van der Waals surface area contributed by atoms with Gasteiger partial charge in [0.15, 0.2) is 0 Å². The third-order valence-corrected chi connectivity index (χ3v) is 2.31. The number of hydrogen-bond donors (Lipinski definition) is 1. The van der Waals surface area contributed by atoms with E-state index in [1.54, 1.807) is 0 Å². The van der Waals surface area contributed by atoms with E-state index in [0.717, 1.165) is 12.1 Å². The van der Waals surface area contributed by atoms with Gasteiger partial charge < -0.3 is 19.6 Å². The molecular weight excluding hydrogens is 258 g/mol. The van der Waals surface area contributed by atoms with Gasteiger partial charge in [-0.1, -0.05) is 0 Å². The van der Waals surface area contributed by atoms with Crippen LogP contribution in [0, 0.1) is 0 Å². The first-order valence-corrected chi connectivity index (χ1v) is 4.73. The van der Waals surface area contributed by atoms with Crippen molar-refractivity contribution in [2.75, 3.05) is 0 Å². The van der Waals surface area contributed by atoms with Crippen LogP contribution in [0.5, 0.6) is 5.75 Å². The fourth-order valence-electron chi connectivity index (χ4n) is 0.834. The van der Waals surface area contributed by atoms with Crippen LogP contribution in [0.3, 0.4) is 0 Å². The van der Waals surface area contributed by atoms with Crippen molar-refractivity contribution in [1.82, 2.24) is 0 Å². The minimum absolute atomic E-state index is 0. The minimum atomic E-state index is -4.73. The van der Waals surface area contributed by atoms with Crippen LogP contribution < -0.4 is 64.2 Å². The Kier molecular flexibility index (Phi) is 8.17. The minimum Gasteiger partial charge on any atom is -0.744 e. The molecule has 0 atom stereocenters. The van der Waals surface area contributed by atoms with Crippen LogP contribution in [0.15, 0.2) is 23.1 Å². The van der Waals surface area contributed by atoms with Gasteiger partial charge in [-0.2, -0.15) is 0 Å². The Morgan fingerprint density at radius 3 is 2.12 bits per heavy atom. The maximum Gasteiger partial charge on any atom is 1.00 e. The molecule has 1 rings (SSSR count).